The van der Waals surface area contributed by atoms with E-state index in [4.69, 9.17) is 0 Å². The minimum Gasteiger partial charge on any atom is -0.389 e. The SMILES string of the molecule is CCN1CCCC(O)(Cc2ccccc2F)CC1. The predicted molar refractivity (Wildman–Crippen MR) is 71.0 cm³/mol. The first-order valence-corrected chi connectivity index (χ1v) is 6.81. The number of hydrogen-bond donors (Lipinski definition) is 1. The van der Waals surface area contributed by atoms with E-state index in [9.17, 15) is 9.50 Å². The van der Waals surface area contributed by atoms with Crippen molar-refractivity contribution in [1.29, 1.82) is 0 Å². The Labute approximate surface area is 108 Å². The molecule has 1 heterocycles. The zero-order chi connectivity index (χ0) is 13.0. The molecule has 2 nitrogen and oxygen atoms in total. The Balaban J connectivity index is 2.05. The molecule has 0 amide bonds. The molecule has 3 heteroatoms. The lowest BCUT2D eigenvalue weighted by atomic mass is 9.87. The van der Waals surface area contributed by atoms with Crippen LogP contribution in [0.1, 0.15) is 31.7 Å². The summed E-state index contributed by atoms with van der Waals surface area (Å²) in [5, 5.41) is 10.6. The van der Waals surface area contributed by atoms with E-state index in [0.717, 1.165) is 38.9 Å². The lowest BCUT2D eigenvalue weighted by Gasteiger charge is -2.27. The number of nitrogens with zero attached hydrogens (tertiary/aromatic N) is 1. The maximum atomic E-state index is 13.6. The van der Waals surface area contributed by atoms with Crippen LogP contribution in [0.4, 0.5) is 4.39 Å². The normalized spacial score (nSPS) is 25.9. The van der Waals surface area contributed by atoms with E-state index in [-0.39, 0.29) is 5.82 Å². The Hall–Kier alpha value is -0.930. The van der Waals surface area contributed by atoms with Crippen LogP contribution in [-0.2, 0) is 6.42 Å². The summed E-state index contributed by atoms with van der Waals surface area (Å²) < 4.78 is 13.6. The summed E-state index contributed by atoms with van der Waals surface area (Å²) in [7, 11) is 0. The molecule has 1 fully saturated rings. The zero-order valence-corrected chi connectivity index (χ0v) is 11.0. The van der Waals surface area contributed by atoms with Gasteiger partial charge in [-0.25, -0.2) is 4.39 Å². The van der Waals surface area contributed by atoms with Crippen LogP contribution in [0.5, 0.6) is 0 Å². The molecular formula is C15H22FNO. The van der Waals surface area contributed by atoms with Crippen LogP contribution in [0.2, 0.25) is 0 Å². The smallest absolute Gasteiger partial charge is 0.126 e. The van der Waals surface area contributed by atoms with Crippen molar-refractivity contribution < 1.29 is 9.50 Å². The number of aliphatic hydroxyl groups is 1. The molecule has 100 valence electrons. The largest absolute Gasteiger partial charge is 0.389 e. The summed E-state index contributed by atoms with van der Waals surface area (Å²) in [5.74, 6) is -0.206. The molecule has 0 spiro atoms. The van der Waals surface area contributed by atoms with Crippen LogP contribution >= 0.6 is 0 Å². The number of halogens is 1. The summed E-state index contributed by atoms with van der Waals surface area (Å²) in [4.78, 5) is 2.35. The number of benzene rings is 1. The van der Waals surface area contributed by atoms with E-state index in [1.54, 1.807) is 12.1 Å². The highest BCUT2D eigenvalue weighted by atomic mass is 19.1. The molecule has 0 saturated carbocycles. The van der Waals surface area contributed by atoms with Gasteiger partial charge < -0.3 is 10.0 Å². The van der Waals surface area contributed by atoms with Gasteiger partial charge in [0.05, 0.1) is 5.60 Å². The first-order chi connectivity index (χ1) is 8.63. The van der Waals surface area contributed by atoms with Crippen molar-refractivity contribution in [3.8, 4) is 0 Å². The highest BCUT2D eigenvalue weighted by Gasteiger charge is 2.30. The minimum absolute atomic E-state index is 0.206. The first-order valence-electron chi connectivity index (χ1n) is 6.81. The van der Waals surface area contributed by atoms with E-state index in [1.165, 1.54) is 6.07 Å². The van der Waals surface area contributed by atoms with Crippen molar-refractivity contribution in [3.05, 3.63) is 35.6 Å². The average molecular weight is 251 g/mol. The highest BCUT2D eigenvalue weighted by Crippen LogP contribution is 2.27. The molecule has 0 aliphatic carbocycles. The quantitative estimate of drug-likeness (QED) is 0.892. The molecule has 1 aliphatic heterocycles. The predicted octanol–water partition coefficient (Wildman–Crippen LogP) is 2.61. The second-order valence-corrected chi connectivity index (χ2v) is 5.28. The molecule has 1 saturated heterocycles. The lowest BCUT2D eigenvalue weighted by molar-refractivity contribution is 0.0251. The van der Waals surface area contributed by atoms with Gasteiger partial charge in [-0.2, -0.15) is 0 Å². The average Bonchev–Trinajstić information content (AvgIpc) is 2.54. The summed E-state index contributed by atoms with van der Waals surface area (Å²) in [6, 6.07) is 6.76. The summed E-state index contributed by atoms with van der Waals surface area (Å²) >= 11 is 0. The molecule has 0 aromatic heterocycles. The van der Waals surface area contributed by atoms with Gasteiger partial charge in [-0.1, -0.05) is 25.1 Å². The minimum atomic E-state index is -0.744. The highest BCUT2D eigenvalue weighted by molar-refractivity contribution is 5.19. The van der Waals surface area contributed by atoms with E-state index in [0.29, 0.717) is 12.0 Å². The summed E-state index contributed by atoms with van der Waals surface area (Å²) in [5.41, 5.74) is -0.114. The molecular weight excluding hydrogens is 229 g/mol. The molecule has 1 unspecified atom stereocenters. The third-order valence-corrected chi connectivity index (χ3v) is 3.93. The Morgan fingerprint density at radius 2 is 2.06 bits per heavy atom. The molecule has 0 bridgehead atoms. The second-order valence-electron chi connectivity index (χ2n) is 5.28. The van der Waals surface area contributed by atoms with Crippen LogP contribution in [0.3, 0.4) is 0 Å². The van der Waals surface area contributed by atoms with E-state index in [1.807, 2.05) is 6.07 Å². The third kappa shape index (κ3) is 3.30. The van der Waals surface area contributed by atoms with Crippen molar-refractivity contribution in [1.82, 2.24) is 4.90 Å². The van der Waals surface area contributed by atoms with Gasteiger partial charge in [0.2, 0.25) is 0 Å². The topological polar surface area (TPSA) is 23.5 Å². The number of rotatable bonds is 3. The molecule has 1 aliphatic rings. The van der Waals surface area contributed by atoms with E-state index >= 15 is 0 Å². The van der Waals surface area contributed by atoms with Crippen molar-refractivity contribution in [3.63, 3.8) is 0 Å². The van der Waals surface area contributed by atoms with E-state index in [2.05, 4.69) is 11.8 Å². The van der Waals surface area contributed by atoms with Gasteiger partial charge in [0.15, 0.2) is 0 Å². The Bertz CT molecular complexity index is 396. The van der Waals surface area contributed by atoms with Crippen molar-refractivity contribution in [2.24, 2.45) is 0 Å². The molecule has 1 aromatic rings. The van der Waals surface area contributed by atoms with Gasteiger partial charge in [-0.05, 0) is 44.0 Å². The van der Waals surface area contributed by atoms with Crippen LogP contribution in [-0.4, -0.2) is 35.2 Å². The fraction of sp³-hybridized carbons (Fsp3) is 0.600. The van der Waals surface area contributed by atoms with E-state index < -0.39 is 5.60 Å². The summed E-state index contributed by atoms with van der Waals surface area (Å²) in [6.07, 6.45) is 2.91. The molecule has 18 heavy (non-hydrogen) atoms. The Kier molecular flexibility index (Phi) is 4.36. The van der Waals surface area contributed by atoms with Gasteiger partial charge in [-0.15, -0.1) is 0 Å². The van der Waals surface area contributed by atoms with Gasteiger partial charge in [0.1, 0.15) is 5.82 Å². The van der Waals surface area contributed by atoms with Crippen molar-refractivity contribution >= 4 is 0 Å². The molecule has 1 N–H and O–H groups in total. The van der Waals surface area contributed by atoms with Gasteiger partial charge in [-0.3, -0.25) is 0 Å². The maximum Gasteiger partial charge on any atom is 0.126 e. The fourth-order valence-corrected chi connectivity index (χ4v) is 2.72. The number of likely N-dealkylation sites (tertiary alicyclic amines) is 1. The van der Waals surface area contributed by atoms with Crippen LogP contribution in [0.25, 0.3) is 0 Å². The fourth-order valence-electron chi connectivity index (χ4n) is 2.72. The molecule has 1 aromatic carbocycles. The first kappa shape index (κ1) is 13.5. The second kappa shape index (κ2) is 5.81. The Morgan fingerprint density at radius 3 is 2.78 bits per heavy atom. The monoisotopic (exact) mass is 251 g/mol. The third-order valence-electron chi connectivity index (χ3n) is 3.93. The molecule has 1 atom stereocenters. The van der Waals surface area contributed by atoms with Gasteiger partial charge in [0, 0.05) is 13.0 Å². The van der Waals surface area contributed by atoms with Crippen molar-refractivity contribution in [2.75, 3.05) is 19.6 Å². The zero-order valence-electron chi connectivity index (χ0n) is 11.0. The number of hydrogen-bond acceptors (Lipinski definition) is 2. The van der Waals surface area contributed by atoms with Crippen LogP contribution in [0, 0.1) is 5.82 Å². The molecule has 0 radical (unpaired) electrons. The lowest BCUT2D eigenvalue weighted by Crippen LogP contribution is -2.33. The van der Waals surface area contributed by atoms with Crippen molar-refractivity contribution in [2.45, 2.75) is 38.2 Å². The van der Waals surface area contributed by atoms with Crippen LogP contribution in [0.15, 0.2) is 24.3 Å². The summed E-state index contributed by atoms with van der Waals surface area (Å²) in [6.45, 7) is 5.11. The maximum absolute atomic E-state index is 13.6. The molecule has 2 rings (SSSR count). The van der Waals surface area contributed by atoms with Crippen LogP contribution < -0.4 is 0 Å². The van der Waals surface area contributed by atoms with Gasteiger partial charge in [0.25, 0.3) is 0 Å². The Morgan fingerprint density at radius 1 is 1.28 bits per heavy atom. The van der Waals surface area contributed by atoms with Gasteiger partial charge >= 0.3 is 0 Å². The standard InChI is InChI=1S/C15H22FNO/c1-2-17-10-5-8-15(18,9-11-17)12-13-6-3-4-7-14(13)16/h3-4,6-7,18H,2,5,8-12H2,1H3.